The van der Waals surface area contributed by atoms with Crippen molar-refractivity contribution in [3.05, 3.63) is 47.3 Å². The fourth-order valence-corrected chi connectivity index (χ4v) is 2.62. The van der Waals surface area contributed by atoms with Crippen molar-refractivity contribution < 1.29 is 4.79 Å². The number of benzene rings is 1. The summed E-state index contributed by atoms with van der Waals surface area (Å²) < 4.78 is 1.86. The lowest BCUT2D eigenvalue weighted by molar-refractivity contribution is 0.0951. The van der Waals surface area contributed by atoms with Crippen LogP contribution in [-0.2, 0) is 6.42 Å². The number of hydrogen-bond donors (Lipinski definition) is 1. The van der Waals surface area contributed by atoms with Gasteiger partial charge in [0.2, 0.25) is 0 Å². The molecule has 0 bridgehead atoms. The fraction of sp³-hybridized carbons (Fsp3) is 0.474. The maximum atomic E-state index is 12.4. The summed E-state index contributed by atoms with van der Waals surface area (Å²) in [6.45, 7) is 9.22. The van der Waals surface area contributed by atoms with Crippen molar-refractivity contribution in [2.75, 3.05) is 6.54 Å². The first kappa shape index (κ1) is 17.3. The van der Waals surface area contributed by atoms with Crippen molar-refractivity contribution in [1.82, 2.24) is 15.1 Å². The van der Waals surface area contributed by atoms with Crippen LogP contribution in [-0.4, -0.2) is 22.2 Å². The number of amides is 1. The van der Waals surface area contributed by atoms with Crippen molar-refractivity contribution in [1.29, 1.82) is 0 Å². The topological polar surface area (TPSA) is 46.9 Å². The largest absolute Gasteiger partial charge is 0.352 e. The van der Waals surface area contributed by atoms with Crippen molar-refractivity contribution in [3.8, 4) is 5.69 Å². The second-order valence-electron chi connectivity index (χ2n) is 6.40. The predicted octanol–water partition coefficient (Wildman–Crippen LogP) is 3.91. The summed E-state index contributed by atoms with van der Waals surface area (Å²) in [5.41, 5.74) is 3.83. The van der Waals surface area contributed by atoms with Crippen LogP contribution in [0.15, 0.2) is 30.5 Å². The number of aryl methyl sites for hydroxylation is 1. The lowest BCUT2D eigenvalue weighted by Crippen LogP contribution is -2.25. The Morgan fingerprint density at radius 2 is 1.96 bits per heavy atom. The Labute approximate surface area is 138 Å². The molecule has 0 atom stereocenters. The Morgan fingerprint density at radius 3 is 2.57 bits per heavy atom. The lowest BCUT2D eigenvalue weighted by Gasteiger charge is -2.09. The minimum atomic E-state index is -0.0241. The second kappa shape index (κ2) is 7.95. The van der Waals surface area contributed by atoms with E-state index >= 15 is 0 Å². The Morgan fingerprint density at radius 1 is 1.26 bits per heavy atom. The highest BCUT2D eigenvalue weighted by molar-refractivity contribution is 5.95. The van der Waals surface area contributed by atoms with E-state index in [2.05, 4.69) is 50.2 Å². The quantitative estimate of drug-likeness (QED) is 0.788. The first-order valence-corrected chi connectivity index (χ1v) is 8.45. The molecular formula is C19H27N3O. The van der Waals surface area contributed by atoms with Gasteiger partial charge in [0.1, 0.15) is 0 Å². The smallest absolute Gasteiger partial charge is 0.254 e. The highest BCUT2D eigenvalue weighted by atomic mass is 16.1. The molecule has 0 unspecified atom stereocenters. The number of rotatable bonds is 7. The van der Waals surface area contributed by atoms with Crippen molar-refractivity contribution in [2.45, 2.75) is 47.0 Å². The van der Waals surface area contributed by atoms with Crippen LogP contribution >= 0.6 is 0 Å². The molecular weight excluding hydrogens is 286 g/mol. The monoisotopic (exact) mass is 313 g/mol. The van der Waals surface area contributed by atoms with E-state index in [1.807, 2.05) is 16.8 Å². The molecule has 0 radical (unpaired) electrons. The molecule has 124 valence electrons. The number of aromatic nitrogens is 2. The molecule has 0 aliphatic heterocycles. The molecule has 1 N–H and O–H groups in total. The maximum absolute atomic E-state index is 12.4. The number of hydrogen-bond acceptors (Lipinski definition) is 2. The molecule has 2 aromatic rings. The zero-order valence-corrected chi connectivity index (χ0v) is 14.6. The van der Waals surface area contributed by atoms with E-state index in [1.165, 1.54) is 5.56 Å². The number of carbonyl (C=O) groups is 1. The first-order valence-electron chi connectivity index (χ1n) is 8.45. The normalized spacial score (nSPS) is 11.0. The SMILES string of the molecule is CCc1c(C(=O)NCCCC(C)C)cnn1-c1ccc(C)cc1. The van der Waals surface area contributed by atoms with E-state index in [4.69, 9.17) is 0 Å². The lowest BCUT2D eigenvalue weighted by atomic mass is 10.1. The van der Waals surface area contributed by atoms with Crippen LogP contribution < -0.4 is 5.32 Å². The molecule has 23 heavy (non-hydrogen) atoms. The molecule has 0 aliphatic rings. The number of carbonyl (C=O) groups excluding carboxylic acids is 1. The van der Waals surface area contributed by atoms with E-state index in [9.17, 15) is 4.79 Å². The number of nitrogens with one attached hydrogen (secondary N) is 1. The summed E-state index contributed by atoms with van der Waals surface area (Å²) in [6, 6.07) is 8.18. The molecule has 1 aromatic carbocycles. The van der Waals surface area contributed by atoms with E-state index in [0.717, 1.165) is 37.2 Å². The van der Waals surface area contributed by atoms with Crippen molar-refractivity contribution in [3.63, 3.8) is 0 Å². The van der Waals surface area contributed by atoms with Crippen LogP contribution in [0.2, 0.25) is 0 Å². The maximum Gasteiger partial charge on any atom is 0.254 e. The molecule has 0 saturated carbocycles. The van der Waals surface area contributed by atoms with Crippen LogP contribution in [0.5, 0.6) is 0 Å². The van der Waals surface area contributed by atoms with Gasteiger partial charge in [0, 0.05) is 6.54 Å². The summed E-state index contributed by atoms with van der Waals surface area (Å²) >= 11 is 0. The molecule has 1 heterocycles. The van der Waals surface area contributed by atoms with Crippen molar-refractivity contribution in [2.24, 2.45) is 5.92 Å². The molecule has 0 aliphatic carbocycles. The first-order chi connectivity index (χ1) is 11.0. The van der Waals surface area contributed by atoms with Crippen LogP contribution in [0.25, 0.3) is 5.69 Å². The zero-order chi connectivity index (χ0) is 16.8. The van der Waals surface area contributed by atoms with Gasteiger partial charge >= 0.3 is 0 Å². The van der Waals surface area contributed by atoms with Gasteiger partial charge in [0.15, 0.2) is 0 Å². The fourth-order valence-electron chi connectivity index (χ4n) is 2.62. The van der Waals surface area contributed by atoms with Crippen LogP contribution in [0, 0.1) is 12.8 Å². The van der Waals surface area contributed by atoms with Crippen LogP contribution in [0.1, 0.15) is 55.2 Å². The minimum Gasteiger partial charge on any atom is -0.352 e. The van der Waals surface area contributed by atoms with E-state index < -0.39 is 0 Å². The molecule has 0 fully saturated rings. The summed E-state index contributed by atoms with van der Waals surface area (Å²) in [6.07, 6.45) is 4.58. The highest BCUT2D eigenvalue weighted by Gasteiger charge is 2.16. The Kier molecular flexibility index (Phi) is 5.97. The van der Waals surface area contributed by atoms with Gasteiger partial charge in [0.25, 0.3) is 5.91 Å². The van der Waals surface area contributed by atoms with E-state index in [1.54, 1.807) is 6.20 Å². The molecule has 1 aromatic heterocycles. The van der Waals surface area contributed by atoms with Crippen LogP contribution in [0.3, 0.4) is 0 Å². The molecule has 0 saturated heterocycles. The third-order valence-corrected chi connectivity index (χ3v) is 3.97. The highest BCUT2D eigenvalue weighted by Crippen LogP contribution is 2.16. The Bertz CT molecular complexity index is 641. The zero-order valence-electron chi connectivity index (χ0n) is 14.6. The molecule has 2 rings (SSSR count). The average molecular weight is 313 g/mol. The summed E-state index contributed by atoms with van der Waals surface area (Å²) in [4.78, 5) is 12.4. The summed E-state index contributed by atoms with van der Waals surface area (Å²) in [7, 11) is 0. The predicted molar refractivity (Wildman–Crippen MR) is 94.1 cm³/mol. The van der Waals surface area contributed by atoms with Gasteiger partial charge in [-0.25, -0.2) is 4.68 Å². The third kappa shape index (κ3) is 4.44. The molecule has 0 spiro atoms. The summed E-state index contributed by atoms with van der Waals surface area (Å²) in [5, 5.41) is 7.43. The van der Waals surface area contributed by atoms with E-state index in [0.29, 0.717) is 11.5 Å². The molecule has 1 amide bonds. The van der Waals surface area contributed by atoms with Gasteiger partial charge < -0.3 is 5.32 Å². The van der Waals surface area contributed by atoms with Gasteiger partial charge in [-0.1, -0.05) is 38.5 Å². The average Bonchev–Trinajstić information content (AvgIpc) is 2.96. The second-order valence-corrected chi connectivity index (χ2v) is 6.40. The molecule has 4 heteroatoms. The van der Waals surface area contributed by atoms with E-state index in [-0.39, 0.29) is 5.91 Å². The van der Waals surface area contributed by atoms with Crippen molar-refractivity contribution >= 4 is 5.91 Å². The Hall–Kier alpha value is -2.10. The minimum absolute atomic E-state index is 0.0241. The van der Waals surface area contributed by atoms with Gasteiger partial charge in [-0.05, 0) is 44.2 Å². The van der Waals surface area contributed by atoms with Gasteiger partial charge in [-0.3, -0.25) is 4.79 Å². The van der Waals surface area contributed by atoms with Crippen LogP contribution in [0.4, 0.5) is 0 Å². The van der Waals surface area contributed by atoms with Gasteiger partial charge in [0.05, 0.1) is 23.1 Å². The number of nitrogens with zero attached hydrogens (tertiary/aromatic N) is 2. The molecule has 4 nitrogen and oxygen atoms in total. The van der Waals surface area contributed by atoms with Gasteiger partial charge in [-0.2, -0.15) is 5.10 Å². The standard InChI is InChI=1S/C19H27N3O/c1-5-18-17(19(23)20-12-6-7-14(2)3)13-21-22(18)16-10-8-15(4)9-11-16/h8-11,13-14H,5-7,12H2,1-4H3,(H,20,23). The third-order valence-electron chi connectivity index (χ3n) is 3.97. The summed E-state index contributed by atoms with van der Waals surface area (Å²) in [5.74, 6) is 0.645. The Balaban J connectivity index is 2.11. The van der Waals surface area contributed by atoms with Gasteiger partial charge in [-0.15, -0.1) is 0 Å².